The Balaban J connectivity index is 4.48. The fourth-order valence-corrected chi connectivity index (χ4v) is 0.548. The molecule has 0 rings (SSSR count). The van der Waals surface area contributed by atoms with Gasteiger partial charge in [0.2, 0.25) is 0 Å². The van der Waals surface area contributed by atoms with E-state index in [0.717, 1.165) is 5.57 Å². The molecule has 0 amide bonds. The van der Waals surface area contributed by atoms with Crippen LogP contribution in [-0.4, -0.2) is 8.42 Å². The van der Waals surface area contributed by atoms with Crippen molar-refractivity contribution in [2.24, 2.45) is 0 Å². The molecule has 3 heteroatoms. The molecule has 0 aromatic heterocycles. The molecule has 0 atom stereocenters. The van der Waals surface area contributed by atoms with Gasteiger partial charge in [0.25, 0.3) is 0 Å². The van der Waals surface area contributed by atoms with Crippen molar-refractivity contribution in [2.75, 3.05) is 0 Å². The highest BCUT2D eigenvalue weighted by atomic mass is 32.2. The molecule has 0 unspecified atom stereocenters. The van der Waals surface area contributed by atoms with Gasteiger partial charge in [-0.15, -0.1) is 0 Å². The monoisotopic (exact) mass is 134 g/mol. The van der Waals surface area contributed by atoms with Gasteiger partial charge in [0, 0.05) is 4.91 Å². The number of allylic oxidation sites excluding steroid dienone is 2. The summed E-state index contributed by atoms with van der Waals surface area (Å²) in [4.78, 5) is 0.472. The molecule has 0 bridgehead atoms. The average molecular weight is 134 g/mol. The fourth-order valence-electron chi connectivity index (χ4n) is 0.183. The molecule has 0 aromatic carbocycles. The summed E-state index contributed by atoms with van der Waals surface area (Å²) in [6, 6.07) is 0. The lowest BCUT2D eigenvalue weighted by molar-refractivity contribution is 0.619. The predicted molar refractivity (Wildman–Crippen MR) is 34.4 cm³/mol. The Hall–Kier alpha value is -0.310. The Morgan fingerprint density at radius 3 is 1.50 bits per heavy atom. The number of rotatable bonds is 1. The van der Waals surface area contributed by atoms with E-state index in [1.165, 1.54) is 0 Å². The lowest BCUT2D eigenvalue weighted by Crippen LogP contribution is -1.80. The molecule has 0 spiro atoms. The summed E-state index contributed by atoms with van der Waals surface area (Å²) >= 11 is 0. The van der Waals surface area contributed by atoms with Crippen molar-refractivity contribution in [3.05, 3.63) is 10.5 Å². The highest BCUT2D eigenvalue weighted by Crippen LogP contribution is 2.00. The van der Waals surface area contributed by atoms with Gasteiger partial charge in [0.15, 0.2) is 10.7 Å². The third-order valence-electron chi connectivity index (χ3n) is 0.997. The van der Waals surface area contributed by atoms with Crippen molar-refractivity contribution in [1.29, 1.82) is 0 Å². The molecule has 0 fully saturated rings. The standard InChI is InChI=1S/C5H10O2S/c1-4(2)5(3)8(6)7/h8H,1-3H3. The highest BCUT2D eigenvalue weighted by molar-refractivity contribution is 7.76. The summed E-state index contributed by atoms with van der Waals surface area (Å²) in [6.07, 6.45) is 0. The van der Waals surface area contributed by atoms with Crippen LogP contribution < -0.4 is 0 Å². The van der Waals surface area contributed by atoms with Crippen LogP contribution in [0.3, 0.4) is 0 Å². The van der Waals surface area contributed by atoms with Gasteiger partial charge < -0.3 is 0 Å². The zero-order valence-corrected chi connectivity index (χ0v) is 6.16. The van der Waals surface area contributed by atoms with E-state index in [1.54, 1.807) is 20.8 Å². The Bertz CT molecular complexity index is 165. The Labute approximate surface area is 51.2 Å². The van der Waals surface area contributed by atoms with Crippen LogP contribution in [0.5, 0.6) is 0 Å². The number of hydrogen-bond donors (Lipinski definition) is 1. The molecule has 0 aliphatic carbocycles. The Morgan fingerprint density at radius 2 is 1.50 bits per heavy atom. The van der Waals surface area contributed by atoms with Crippen molar-refractivity contribution in [3.8, 4) is 0 Å². The van der Waals surface area contributed by atoms with Crippen LogP contribution in [0.2, 0.25) is 0 Å². The first-order valence-electron chi connectivity index (χ1n) is 2.34. The quantitative estimate of drug-likeness (QED) is 0.541. The molecule has 0 radical (unpaired) electrons. The number of hydrogen-bond acceptors (Lipinski definition) is 2. The molecule has 8 heavy (non-hydrogen) atoms. The minimum absolute atomic E-state index is 0.472. The van der Waals surface area contributed by atoms with Crippen LogP contribution in [0.25, 0.3) is 0 Å². The van der Waals surface area contributed by atoms with E-state index in [9.17, 15) is 8.42 Å². The van der Waals surface area contributed by atoms with Gasteiger partial charge in [-0.05, 0) is 20.8 Å². The topological polar surface area (TPSA) is 34.1 Å². The smallest absolute Gasteiger partial charge is 0.164 e. The summed E-state index contributed by atoms with van der Waals surface area (Å²) in [5.74, 6) is 0. The second-order valence-corrected chi connectivity index (χ2v) is 3.03. The van der Waals surface area contributed by atoms with Gasteiger partial charge in [0.05, 0.1) is 0 Å². The second-order valence-electron chi connectivity index (χ2n) is 1.84. The van der Waals surface area contributed by atoms with Crippen molar-refractivity contribution in [2.45, 2.75) is 20.8 Å². The molecule has 48 valence electrons. The van der Waals surface area contributed by atoms with Crippen LogP contribution >= 0.6 is 0 Å². The van der Waals surface area contributed by atoms with Crippen LogP contribution in [0.15, 0.2) is 10.5 Å². The van der Waals surface area contributed by atoms with E-state index in [4.69, 9.17) is 0 Å². The van der Waals surface area contributed by atoms with Crippen LogP contribution in [0.4, 0.5) is 0 Å². The zero-order chi connectivity index (χ0) is 6.73. The first-order chi connectivity index (χ1) is 3.55. The maximum atomic E-state index is 10.1. The Morgan fingerprint density at radius 1 is 1.12 bits per heavy atom. The minimum atomic E-state index is -2.32. The normalized spacial score (nSPS) is 9.50. The summed E-state index contributed by atoms with van der Waals surface area (Å²) in [5, 5.41) is 0. The van der Waals surface area contributed by atoms with Gasteiger partial charge in [-0.25, -0.2) is 8.42 Å². The van der Waals surface area contributed by atoms with Gasteiger partial charge >= 0.3 is 0 Å². The van der Waals surface area contributed by atoms with E-state index in [2.05, 4.69) is 0 Å². The summed E-state index contributed by atoms with van der Waals surface area (Å²) < 4.78 is 20.2. The van der Waals surface area contributed by atoms with Crippen molar-refractivity contribution < 1.29 is 8.42 Å². The average Bonchev–Trinajstić information content (AvgIpc) is 1.64. The van der Waals surface area contributed by atoms with E-state index in [1.807, 2.05) is 0 Å². The molecule has 0 aromatic rings. The fraction of sp³-hybridized carbons (Fsp3) is 0.600. The van der Waals surface area contributed by atoms with Crippen molar-refractivity contribution >= 4 is 10.7 Å². The van der Waals surface area contributed by atoms with Crippen LogP contribution in [0, 0.1) is 0 Å². The van der Waals surface area contributed by atoms with Gasteiger partial charge in [-0.2, -0.15) is 0 Å². The van der Waals surface area contributed by atoms with E-state index in [0.29, 0.717) is 4.91 Å². The third-order valence-corrected chi connectivity index (χ3v) is 1.99. The predicted octanol–water partition coefficient (Wildman–Crippen LogP) is 0.912. The van der Waals surface area contributed by atoms with E-state index < -0.39 is 10.7 Å². The van der Waals surface area contributed by atoms with Crippen LogP contribution in [-0.2, 0) is 10.7 Å². The SMILES string of the molecule is CC(C)=C(C)[SH](=O)=O. The molecule has 0 saturated heterocycles. The second kappa shape index (κ2) is 2.87. The van der Waals surface area contributed by atoms with Crippen molar-refractivity contribution in [1.82, 2.24) is 0 Å². The van der Waals surface area contributed by atoms with Gasteiger partial charge in [0.1, 0.15) is 0 Å². The molecule has 0 saturated carbocycles. The maximum Gasteiger partial charge on any atom is 0.164 e. The largest absolute Gasteiger partial charge is 0.227 e. The summed E-state index contributed by atoms with van der Waals surface area (Å²) in [6.45, 7) is 5.15. The lowest BCUT2D eigenvalue weighted by atomic mass is 10.3. The van der Waals surface area contributed by atoms with Crippen LogP contribution in [0.1, 0.15) is 20.8 Å². The first kappa shape index (κ1) is 7.69. The number of thiol groups is 1. The molecule has 0 aliphatic rings. The summed E-state index contributed by atoms with van der Waals surface area (Å²) in [5.41, 5.74) is 0.862. The molecule has 2 nitrogen and oxygen atoms in total. The minimum Gasteiger partial charge on any atom is -0.227 e. The van der Waals surface area contributed by atoms with Gasteiger partial charge in [-0.1, -0.05) is 5.57 Å². The third kappa shape index (κ3) is 2.12. The highest BCUT2D eigenvalue weighted by Gasteiger charge is 1.90. The van der Waals surface area contributed by atoms with E-state index in [-0.39, 0.29) is 0 Å². The maximum absolute atomic E-state index is 10.1. The molecule has 0 N–H and O–H groups in total. The first-order valence-corrected chi connectivity index (χ1v) is 3.52. The van der Waals surface area contributed by atoms with E-state index >= 15 is 0 Å². The molecular formula is C5H10O2S. The zero-order valence-electron chi connectivity index (χ0n) is 5.26. The van der Waals surface area contributed by atoms with Crippen molar-refractivity contribution in [3.63, 3.8) is 0 Å². The summed E-state index contributed by atoms with van der Waals surface area (Å²) in [7, 11) is -2.32. The van der Waals surface area contributed by atoms with Gasteiger partial charge in [-0.3, -0.25) is 0 Å². The molecular weight excluding hydrogens is 124 g/mol. The lowest BCUT2D eigenvalue weighted by Gasteiger charge is -1.88. The molecule has 0 heterocycles. The Kier molecular flexibility index (Phi) is 2.76. The molecule has 0 aliphatic heterocycles.